The molecule has 3 fully saturated rings. The van der Waals surface area contributed by atoms with Crippen molar-refractivity contribution < 1.29 is 63.8 Å². The first-order valence-corrected chi connectivity index (χ1v) is 25.5. The largest absolute Gasteiger partial charge is 0.459 e. The molecule has 0 bridgehead atoms. The molecule has 1 spiro atoms. The topological polar surface area (TPSA) is 313 Å². The number of aliphatic hydroxyl groups is 1. The van der Waals surface area contributed by atoms with Crippen LogP contribution in [0.3, 0.4) is 0 Å². The Morgan fingerprint density at radius 2 is 1.60 bits per heavy atom. The van der Waals surface area contributed by atoms with Gasteiger partial charge in [0.15, 0.2) is 1.41 Å². The molecule has 7 amide bonds. The SMILES string of the molecule is [2H]NC(=O)NCCC[C@H](NC(=O)[C@H](N)C(C)C)C(=O)Nc1ccc(COC(=O)Nc2ccc(CNC(=O)C[C@@H]3C[C@@]4(CO4)[C@H](O)[C@@H](/C=C/C(C)=C/C[C@@H]4O[C@H](C)[C@H](NC(=O)/C=C\[C@H](C)OC(C)=O)C[C@@H]4C)O3)cc2)cc1. The summed E-state index contributed by atoms with van der Waals surface area (Å²) in [6.45, 7) is 13.3. The zero-order valence-electron chi connectivity index (χ0n) is 44.9. The molecule has 3 heterocycles. The molecule has 5 rings (SSSR count). The normalized spacial score (nSPS) is 24.8. The second-order valence-corrected chi connectivity index (χ2v) is 19.9. The molecule has 0 aliphatic carbocycles. The van der Waals surface area contributed by atoms with Gasteiger partial charge in [-0.05, 0) is 99.8 Å². The molecule has 21 nitrogen and oxygen atoms in total. The minimum Gasteiger partial charge on any atom is -0.459 e. The summed E-state index contributed by atoms with van der Waals surface area (Å²) >= 11 is 0. The lowest BCUT2D eigenvalue weighted by atomic mass is 9.87. The maximum Gasteiger partial charge on any atom is 0.411 e. The molecule has 21 heteroatoms. The molecule has 0 unspecified atom stereocenters. The number of hydrogen-bond acceptors (Lipinski definition) is 14. The van der Waals surface area contributed by atoms with Gasteiger partial charge in [-0.25, -0.2) is 9.59 Å². The molecule has 3 aliphatic heterocycles. The number of amides is 7. The third-order valence-electron chi connectivity index (χ3n) is 13.2. The molecule has 11 N–H and O–H groups in total. The van der Waals surface area contributed by atoms with Gasteiger partial charge in [0.2, 0.25) is 23.6 Å². The smallest absolute Gasteiger partial charge is 0.411 e. The second-order valence-electron chi connectivity index (χ2n) is 19.9. The van der Waals surface area contributed by atoms with Crippen molar-refractivity contribution in [3.8, 4) is 0 Å². The van der Waals surface area contributed by atoms with Crippen LogP contribution in [-0.4, -0.2) is 120 Å². The number of nitrogens with two attached hydrogens (primary N) is 2. The van der Waals surface area contributed by atoms with Crippen LogP contribution in [0.15, 0.2) is 84.5 Å². The predicted molar refractivity (Wildman–Crippen MR) is 279 cm³/mol. The fraction of sp³-hybridized carbons (Fsp3) is 0.537. The second kappa shape index (κ2) is 28.3. The number of carbonyl (C=O) groups excluding carboxylic acids is 7. The van der Waals surface area contributed by atoms with E-state index in [9.17, 15) is 38.7 Å². The van der Waals surface area contributed by atoms with Crippen LogP contribution in [0.4, 0.5) is 21.0 Å². The Morgan fingerprint density at radius 3 is 2.25 bits per heavy atom. The number of epoxide rings is 1. The summed E-state index contributed by atoms with van der Waals surface area (Å²) in [4.78, 5) is 86.7. The predicted octanol–water partition coefficient (Wildman–Crippen LogP) is 4.28. The van der Waals surface area contributed by atoms with Crippen LogP contribution in [0, 0.1) is 11.8 Å². The van der Waals surface area contributed by atoms with Crippen LogP contribution >= 0.6 is 0 Å². The Balaban J connectivity index is 1.02. The average Bonchev–Trinajstić information content (AvgIpc) is 4.17. The summed E-state index contributed by atoms with van der Waals surface area (Å²) in [5.41, 5.74) is 10.2. The van der Waals surface area contributed by atoms with Gasteiger partial charge < -0.3 is 66.8 Å². The van der Waals surface area contributed by atoms with E-state index in [1.165, 1.54) is 19.1 Å². The highest BCUT2D eigenvalue weighted by Gasteiger charge is 2.58. The van der Waals surface area contributed by atoms with Crippen molar-refractivity contribution >= 4 is 53.1 Å². The third kappa shape index (κ3) is 19.5. The summed E-state index contributed by atoms with van der Waals surface area (Å²) in [6, 6.07) is 10.9. The monoisotopic (exact) mass is 1050 g/mol. The summed E-state index contributed by atoms with van der Waals surface area (Å²) in [5, 5.41) is 27.7. The fourth-order valence-electron chi connectivity index (χ4n) is 8.64. The average molecular weight is 1050 g/mol. The lowest BCUT2D eigenvalue weighted by molar-refractivity contribution is -0.145. The maximum atomic E-state index is 13.2. The lowest BCUT2D eigenvalue weighted by Gasteiger charge is -2.39. The molecule has 0 saturated carbocycles. The number of carbonyl (C=O) groups is 7. The van der Waals surface area contributed by atoms with Gasteiger partial charge in [-0.1, -0.05) is 68.8 Å². The van der Waals surface area contributed by atoms with Crippen molar-refractivity contribution in [2.75, 3.05) is 23.8 Å². The van der Waals surface area contributed by atoms with Gasteiger partial charge >= 0.3 is 18.1 Å². The van der Waals surface area contributed by atoms with Crippen molar-refractivity contribution in [3.05, 3.63) is 95.6 Å². The van der Waals surface area contributed by atoms with Crippen molar-refractivity contribution in [2.45, 2.75) is 160 Å². The molecule has 2 aromatic carbocycles. The van der Waals surface area contributed by atoms with E-state index < -0.39 is 72.0 Å². The fourth-order valence-corrected chi connectivity index (χ4v) is 8.64. The molecule has 11 atom stereocenters. The van der Waals surface area contributed by atoms with Crippen LogP contribution in [0.2, 0.25) is 1.41 Å². The minimum absolute atomic E-state index is 0.0599. The molecule has 0 aromatic heterocycles. The van der Waals surface area contributed by atoms with E-state index in [0.29, 0.717) is 42.8 Å². The van der Waals surface area contributed by atoms with Crippen LogP contribution in [0.25, 0.3) is 0 Å². The van der Waals surface area contributed by atoms with E-state index in [2.05, 4.69) is 44.9 Å². The highest BCUT2D eigenvalue weighted by molar-refractivity contribution is 5.98. The number of primary amides is 1. The van der Waals surface area contributed by atoms with Crippen LogP contribution in [-0.2, 0) is 60.8 Å². The first-order valence-electron chi connectivity index (χ1n) is 26.0. The summed E-state index contributed by atoms with van der Waals surface area (Å²) in [6.07, 6.45) is 7.42. The van der Waals surface area contributed by atoms with Gasteiger partial charge in [0, 0.05) is 43.9 Å². The van der Waals surface area contributed by atoms with E-state index in [0.717, 1.165) is 17.6 Å². The molecule has 3 aliphatic rings. The van der Waals surface area contributed by atoms with E-state index in [1.807, 2.05) is 19.9 Å². The summed E-state index contributed by atoms with van der Waals surface area (Å²) in [7, 11) is 0. The standard InChI is InChI=1S/C54H76N8O13/c1-31(2)48(55)51(68)62-42(9-8-24-57-52(56)69)50(67)59-39-19-15-38(16-20-39)29-71-53(70)60-40-17-13-37(14-18-40)28-58-47(65)26-41-27-54(30-72-54)49(66)45(75-41)22-11-32(3)10-21-44-33(4)25-43(35(6)74-44)61-46(64)23-12-34(5)73-36(7)63/h10-20,22-23,31,33-35,41-45,48-49,66H,8-9,21,24-30,55H2,1-7H3,(H,58,65)(H,59,67)(H,60,70)(H,61,64)(H,62,68)(H3,56,57,69)/b22-11+,23-12-,32-10+/t33-,34-,35+,41+,42-,43+,44-,45+,48+,49+,54+/m0/s1/i/hD. The molecule has 0 radical (unpaired) electrons. The van der Waals surface area contributed by atoms with Gasteiger partial charge in [0.1, 0.15) is 36.6 Å². The highest BCUT2D eigenvalue weighted by Crippen LogP contribution is 2.43. The van der Waals surface area contributed by atoms with Crippen molar-refractivity contribution in [1.82, 2.24) is 21.3 Å². The van der Waals surface area contributed by atoms with E-state index >= 15 is 0 Å². The number of esters is 1. The molecule has 410 valence electrons. The van der Waals surface area contributed by atoms with Gasteiger partial charge in [-0.3, -0.25) is 29.3 Å². The Bertz CT molecular complexity index is 2400. The van der Waals surface area contributed by atoms with Crippen LogP contribution in [0.1, 0.15) is 98.1 Å². The van der Waals surface area contributed by atoms with E-state index in [-0.39, 0.29) is 74.4 Å². The number of anilines is 2. The van der Waals surface area contributed by atoms with E-state index in [4.69, 9.17) is 30.8 Å². The Kier molecular flexibility index (Phi) is 21.7. The van der Waals surface area contributed by atoms with Gasteiger partial charge in [-0.15, -0.1) is 0 Å². The van der Waals surface area contributed by atoms with Gasteiger partial charge in [0.05, 0.1) is 43.4 Å². The number of ether oxygens (including phenoxy) is 5. The number of aliphatic hydroxyl groups excluding tert-OH is 1. The summed E-state index contributed by atoms with van der Waals surface area (Å²) < 4.78 is 35.6. The minimum atomic E-state index is -0.948. The molecule has 3 saturated heterocycles. The number of nitrogens with one attached hydrogen (secondary N) is 6. The van der Waals surface area contributed by atoms with Gasteiger partial charge in [0.25, 0.3) is 0 Å². The number of urea groups is 1. The zero-order valence-corrected chi connectivity index (χ0v) is 43.9. The zero-order chi connectivity index (χ0) is 55.5. The number of benzene rings is 2. The number of hydrogen-bond donors (Lipinski definition) is 9. The number of rotatable bonds is 24. The van der Waals surface area contributed by atoms with Gasteiger partial charge in [-0.2, -0.15) is 0 Å². The highest BCUT2D eigenvalue weighted by atomic mass is 16.6. The molecular formula is C54H76N8O13. The Labute approximate surface area is 440 Å². The van der Waals surface area contributed by atoms with Crippen molar-refractivity contribution in [3.63, 3.8) is 0 Å². The Morgan fingerprint density at radius 1 is 0.920 bits per heavy atom. The third-order valence-corrected chi connectivity index (χ3v) is 13.2. The van der Waals surface area contributed by atoms with E-state index in [1.54, 1.807) is 81.1 Å². The van der Waals surface area contributed by atoms with Crippen molar-refractivity contribution in [1.29, 1.82) is 0 Å². The molecule has 2 aromatic rings. The van der Waals surface area contributed by atoms with Crippen LogP contribution in [0.5, 0.6) is 0 Å². The molecule has 75 heavy (non-hydrogen) atoms. The first kappa shape index (κ1) is 57.6. The Hall–Kier alpha value is -6.65. The first-order chi connectivity index (χ1) is 36.1. The lowest BCUT2D eigenvalue weighted by Crippen LogP contribution is -2.51. The van der Waals surface area contributed by atoms with Crippen LogP contribution < -0.4 is 43.4 Å². The maximum absolute atomic E-state index is 13.2. The summed E-state index contributed by atoms with van der Waals surface area (Å²) in [5.74, 6) is -1.91. The quantitative estimate of drug-likeness (QED) is 0.0233. The molecular weight excluding hydrogens is 969 g/mol. The van der Waals surface area contributed by atoms with Crippen molar-refractivity contribution in [2.24, 2.45) is 23.3 Å². The number of allylic oxidation sites excluding steroid dienone is 2.